The second-order valence-electron chi connectivity index (χ2n) is 5.28. The summed E-state index contributed by atoms with van der Waals surface area (Å²) in [5.41, 5.74) is 0.940. The summed E-state index contributed by atoms with van der Waals surface area (Å²) in [4.78, 5) is 0.148. The molecule has 0 aliphatic heterocycles. The van der Waals surface area contributed by atoms with Gasteiger partial charge in [0.15, 0.2) is 0 Å². The zero-order valence-corrected chi connectivity index (χ0v) is 12.2. The summed E-state index contributed by atoms with van der Waals surface area (Å²) in [6.45, 7) is 2.03. The topological polar surface area (TPSA) is 90.2 Å². The van der Waals surface area contributed by atoms with Crippen LogP contribution in [0.3, 0.4) is 0 Å². The molecule has 1 aliphatic carbocycles. The molecule has 1 aromatic carbocycles. The van der Waals surface area contributed by atoms with Crippen molar-refractivity contribution in [2.45, 2.75) is 37.2 Å². The first-order chi connectivity index (χ1) is 9.42. The van der Waals surface area contributed by atoms with Crippen LogP contribution in [0.25, 0.3) is 0 Å². The minimum absolute atomic E-state index is 0.148. The minimum atomic E-state index is -3.61. The quantitative estimate of drug-likeness (QED) is 0.876. The molecule has 0 spiro atoms. The number of nitriles is 1. The molecule has 0 amide bonds. The number of hydrogen-bond donors (Lipinski definition) is 2. The maximum atomic E-state index is 12.3. The number of sulfonamides is 1. The summed E-state index contributed by atoms with van der Waals surface area (Å²) in [7, 11) is -3.61. The Labute approximate surface area is 119 Å². The molecule has 2 rings (SSSR count). The van der Waals surface area contributed by atoms with E-state index in [2.05, 4.69) is 4.72 Å². The summed E-state index contributed by atoms with van der Waals surface area (Å²) in [5, 5.41) is 18.3. The Morgan fingerprint density at radius 1 is 1.45 bits per heavy atom. The summed E-state index contributed by atoms with van der Waals surface area (Å²) in [5.74, 6) is 0.180. The van der Waals surface area contributed by atoms with Gasteiger partial charge in [0.1, 0.15) is 0 Å². The summed E-state index contributed by atoms with van der Waals surface area (Å²) in [6, 6.07) is 6.56. The largest absolute Gasteiger partial charge is 0.393 e. The molecule has 2 atom stereocenters. The lowest BCUT2D eigenvalue weighted by Gasteiger charge is -2.13. The Morgan fingerprint density at radius 3 is 2.80 bits per heavy atom. The lowest BCUT2D eigenvalue weighted by atomic mass is 10.1. The molecule has 1 aromatic rings. The smallest absolute Gasteiger partial charge is 0.240 e. The van der Waals surface area contributed by atoms with Gasteiger partial charge in [0.05, 0.1) is 22.6 Å². The van der Waals surface area contributed by atoms with Gasteiger partial charge in [-0.1, -0.05) is 6.07 Å². The third kappa shape index (κ3) is 3.37. The number of benzene rings is 1. The van der Waals surface area contributed by atoms with Crippen LogP contribution in [-0.2, 0) is 10.0 Å². The van der Waals surface area contributed by atoms with Gasteiger partial charge in [-0.25, -0.2) is 13.1 Å². The Kier molecular flexibility index (Phi) is 4.43. The molecule has 1 aliphatic rings. The van der Waals surface area contributed by atoms with Crippen molar-refractivity contribution >= 4 is 10.0 Å². The highest BCUT2D eigenvalue weighted by molar-refractivity contribution is 7.89. The van der Waals surface area contributed by atoms with Crippen molar-refractivity contribution < 1.29 is 13.5 Å². The fourth-order valence-electron chi connectivity index (χ4n) is 2.50. The van der Waals surface area contributed by atoms with Gasteiger partial charge in [0, 0.05) is 6.54 Å². The molecule has 20 heavy (non-hydrogen) atoms. The number of nitrogens with one attached hydrogen (secondary N) is 1. The summed E-state index contributed by atoms with van der Waals surface area (Å²) < 4.78 is 27.1. The van der Waals surface area contributed by atoms with E-state index in [4.69, 9.17) is 5.26 Å². The monoisotopic (exact) mass is 294 g/mol. The zero-order valence-electron chi connectivity index (χ0n) is 11.3. The van der Waals surface area contributed by atoms with Crippen molar-refractivity contribution in [3.8, 4) is 6.07 Å². The zero-order chi connectivity index (χ0) is 14.8. The molecule has 0 heterocycles. The van der Waals surface area contributed by atoms with E-state index in [-0.39, 0.29) is 16.9 Å². The first-order valence-electron chi connectivity index (χ1n) is 6.61. The fourth-order valence-corrected chi connectivity index (χ4v) is 3.88. The van der Waals surface area contributed by atoms with Gasteiger partial charge in [-0.15, -0.1) is 0 Å². The van der Waals surface area contributed by atoms with Gasteiger partial charge in [0.25, 0.3) is 0 Å². The molecule has 0 radical (unpaired) electrons. The van der Waals surface area contributed by atoms with Gasteiger partial charge in [-0.05, 0) is 49.8 Å². The average Bonchev–Trinajstić information content (AvgIpc) is 2.83. The maximum absolute atomic E-state index is 12.3. The Morgan fingerprint density at radius 2 is 2.20 bits per heavy atom. The van der Waals surface area contributed by atoms with Crippen LogP contribution in [-0.4, -0.2) is 26.2 Å². The predicted molar refractivity (Wildman–Crippen MR) is 74.4 cm³/mol. The average molecular weight is 294 g/mol. The standard InChI is InChI=1S/C14H18N2O3S/c1-10-2-3-11(8-15)7-14(10)20(18,19)16-9-12-4-5-13(17)6-12/h2-3,7,12-13,16-17H,4-6,9H2,1H3. The lowest BCUT2D eigenvalue weighted by Crippen LogP contribution is -2.29. The molecule has 2 unspecified atom stereocenters. The number of nitrogens with zero attached hydrogens (tertiary/aromatic N) is 1. The number of hydrogen-bond acceptors (Lipinski definition) is 4. The number of aliphatic hydroxyl groups is 1. The molecular formula is C14H18N2O3S. The van der Waals surface area contributed by atoms with E-state index in [1.54, 1.807) is 19.1 Å². The molecular weight excluding hydrogens is 276 g/mol. The summed E-state index contributed by atoms with van der Waals surface area (Å²) in [6.07, 6.45) is 1.89. The lowest BCUT2D eigenvalue weighted by molar-refractivity contribution is 0.178. The van der Waals surface area contributed by atoms with Gasteiger partial charge in [-0.2, -0.15) is 5.26 Å². The van der Waals surface area contributed by atoms with Gasteiger partial charge < -0.3 is 5.11 Å². The van der Waals surface area contributed by atoms with Crippen molar-refractivity contribution in [1.82, 2.24) is 4.72 Å². The highest BCUT2D eigenvalue weighted by Gasteiger charge is 2.25. The van der Waals surface area contributed by atoms with Crippen molar-refractivity contribution in [3.05, 3.63) is 29.3 Å². The van der Waals surface area contributed by atoms with E-state index in [1.807, 2.05) is 6.07 Å². The normalized spacial score (nSPS) is 22.6. The van der Waals surface area contributed by atoms with Crippen LogP contribution in [0.1, 0.15) is 30.4 Å². The van der Waals surface area contributed by atoms with E-state index < -0.39 is 10.0 Å². The predicted octanol–water partition coefficient (Wildman–Crippen LogP) is 1.31. The van der Waals surface area contributed by atoms with Crippen LogP contribution in [0.2, 0.25) is 0 Å². The van der Waals surface area contributed by atoms with Gasteiger partial charge in [0.2, 0.25) is 10.0 Å². The third-order valence-electron chi connectivity index (χ3n) is 3.68. The SMILES string of the molecule is Cc1ccc(C#N)cc1S(=O)(=O)NCC1CCC(O)C1. The first-order valence-corrected chi connectivity index (χ1v) is 8.09. The maximum Gasteiger partial charge on any atom is 0.240 e. The fraction of sp³-hybridized carbons (Fsp3) is 0.500. The van der Waals surface area contributed by atoms with Crippen molar-refractivity contribution in [2.75, 3.05) is 6.54 Å². The Balaban J connectivity index is 2.12. The van der Waals surface area contributed by atoms with Crippen LogP contribution < -0.4 is 4.72 Å². The minimum Gasteiger partial charge on any atom is -0.393 e. The highest BCUT2D eigenvalue weighted by Crippen LogP contribution is 2.25. The highest BCUT2D eigenvalue weighted by atomic mass is 32.2. The van der Waals surface area contributed by atoms with Crippen LogP contribution in [0.5, 0.6) is 0 Å². The molecule has 0 bridgehead atoms. The van der Waals surface area contributed by atoms with E-state index in [0.717, 1.165) is 12.8 Å². The van der Waals surface area contributed by atoms with Gasteiger partial charge in [-0.3, -0.25) is 0 Å². The molecule has 0 aromatic heterocycles. The Bertz CT molecular complexity index is 634. The molecule has 6 heteroatoms. The molecule has 108 valence electrons. The first kappa shape index (κ1) is 15.0. The second kappa shape index (κ2) is 5.92. The molecule has 2 N–H and O–H groups in total. The Hall–Kier alpha value is -1.42. The van der Waals surface area contributed by atoms with E-state index >= 15 is 0 Å². The molecule has 1 fully saturated rings. The summed E-state index contributed by atoms with van der Waals surface area (Å²) >= 11 is 0. The van der Waals surface area contributed by atoms with Gasteiger partial charge >= 0.3 is 0 Å². The van der Waals surface area contributed by atoms with E-state index in [1.165, 1.54) is 6.07 Å². The van der Waals surface area contributed by atoms with Crippen LogP contribution in [0.4, 0.5) is 0 Å². The number of aryl methyl sites for hydroxylation is 1. The third-order valence-corrected chi connectivity index (χ3v) is 5.25. The van der Waals surface area contributed by atoms with E-state index in [0.29, 0.717) is 24.1 Å². The molecule has 1 saturated carbocycles. The second-order valence-corrected chi connectivity index (χ2v) is 7.01. The van der Waals surface area contributed by atoms with Crippen molar-refractivity contribution in [2.24, 2.45) is 5.92 Å². The van der Waals surface area contributed by atoms with E-state index in [9.17, 15) is 13.5 Å². The number of rotatable bonds is 4. The van der Waals surface area contributed by atoms with Crippen molar-refractivity contribution in [3.63, 3.8) is 0 Å². The van der Waals surface area contributed by atoms with Crippen LogP contribution in [0, 0.1) is 24.2 Å². The van der Waals surface area contributed by atoms with Crippen LogP contribution in [0.15, 0.2) is 23.1 Å². The van der Waals surface area contributed by atoms with Crippen LogP contribution >= 0.6 is 0 Å². The number of aliphatic hydroxyl groups excluding tert-OH is 1. The molecule has 0 saturated heterocycles. The van der Waals surface area contributed by atoms with Crippen molar-refractivity contribution in [1.29, 1.82) is 5.26 Å². The molecule has 5 nitrogen and oxygen atoms in total.